The highest BCUT2D eigenvalue weighted by Crippen LogP contribution is 2.38. The van der Waals surface area contributed by atoms with E-state index in [4.69, 9.17) is 0 Å². The van der Waals surface area contributed by atoms with E-state index in [-0.39, 0.29) is 0 Å². The second kappa shape index (κ2) is 5.74. The van der Waals surface area contributed by atoms with Crippen molar-refractivity contribution < 1.29 is 0 Å². The molecular formula is C17H18BrN7. The van der Waals surface area contributed by atoms with Crippen molar-refractivity contribution in [1.29, 1.82) is 0 Å². The van der Waals surface area contributed by atoms with Crippen LogP contribution in [0.15, 0.2) is 35.3 Å². The van der Waals surface area contributed by atoms with Crippen LogP contribution in [0.4, 0.5) is 5.82 Å². The molecule has 3 aromatic rings. The van der Waals surface area contributed by atoms with Crippen LogP contribution in [0.25, 0.3) is 11.0 Å². The van der Waals surface area contributed by atoms with Crippen LogP contribution in [0, 0.1) is 0 Å². The van der Waals surface area contributed by atoms with E-state index in [2.05, 4.69) is 57.9 Å². The maximum Gasteiger partial charge on any atom is 0.163 e. The number of aryl methyl sites for hydroxylation is 1. The monoisotopic (exact) mass is 399 g/mol. The van der Waals surface area contributed by atoms with Crippen molar-refractivity contribution in [2.75, 3.05) is 18.0 Å². The number of piperidine rings is 1. The fraction of sp³-hybridized carbons (Fsp3) is 0.412. The van der Waals surface area contributed by atoms with Gasteiger partial charge >= 0.3 is 0 Å². The quantitative estimate of drug-likeness (QED) is 0.670. The van der Waals surface area contributed by atoms with Gasteiger partial charge in [0, 0.05) is 49.4 Å². The lowest BCUT2D eigenvalue weighted by Crippen LogP contribution is -2.69. The smallest absolute Gasteiger partial charge is 0.163 e. The van der Waals surface area contributed by atoms with Gasteiger partial charge in [-0.1, -0.05) is 0 Å². The molecule has 6 rings (SSSR count). The zero-order valence-corrected chi connectivity index (χ0v) is 15.5. The summed E-state index contributed by atoms with van der Waals surface area (Å²) in [5, 5.41) is 5.38. The molecule has 2 bridgehead atoms. The van der Waals surface area contributed by atoms with Crippen molar-refractivity contribution in [3.8, 4) is 0 Å². The Kier molecular flexibility index (Phi) is 3.49. The summed E-state index contributed by atoms with van der Waals surface area (Å²) in [5.74, 6) is 1.03. The van der Waals surface area contributed by atoms with Gasteiger partial charge in [-0.25, -0.2) is 9.97 Å². The van der Waals surface area contributed by atoms with Gasteiger partial charge in [-0.3, -0.25) is 14.6 Å². The summed E-state index contributed by atoms with van der Waals surface area (Å²) in [4.78, 5) is 18.4. The van der Waals surface area contributed by atoms with Gasteiger partial charge in [0.05, 0.1) is 17.3 Å². The van der Waals surface area contributed by atoms with E-state index in [0.717, 1.165) is 46.7 Å². The van der Waals surface area contributed by atoms with Crippen molar-refractivity contribution in [2.24, 2.45) is 7.05 Å². The SMILES string of the molecule is Cn1ncc2c(N3C4CC3CN(Cc3ccc(Br)cn3)C4)ncnc21. The molecule has 2 atom stereocenters. The van der Waals surface area contributed by atoms with Gasteiger partial charge in [0.1, 0.15) is 12.1 Å². The predicted molar refractivity (Wildman–Crippen MR) is 98.2 cm³/mol. The molecular weight excluding hydrogens is 382 g/mol. The third kappa shape index (κ3) is 2.51. The van der Waals surface area contributed by atoms with E-state index in [1.165, 1.54) is 6.42 Å². The summed E-state index contributed by atoms with van der Waals surface area (Å²) in [5.41, 5.74) is 2.01. The first kappa shape index (κ1) is 15.2. The van der Waals surface area contributed by atoms with Crippen LogP contribution in [-0.2, 0) is 13.6 Å². The topological polar surface area (TPSA) is 63.0 Å². The van der Waals surface area contributed by atoms with Crippen LogP contribution in [0.3, 0.4) is 0 Å². The maximum absolute atomic E-state index is 4.57. The van der Waals surface area contributed by atoms with Crippen LogP contribution in [-0.4, -0.2) is 54.8 Å². The van der Waals surface area contributed by atoms with E-state index in [1.54, 1.807) is 6.33 Å². The number of fused-ring (bicyclic) bond motifs is 3. The van der Waals surface area contributed by atoms with Gasteiger partial charge in [0.2, 0.25) is 0 Å². The minimum Gasteiger partial charge on any atom is -0.347 e. The number of nitrogens with zero attached hydrogens (tertiary/aromatic N) is 7. The van der Waals surface area contributed by atoms with Gasteiger partial charge in [-0.05, 0) is 34.5 Å². The minimum atomic E-state index is 0.507. The van der Waals surface area contributed by atoms with Gasteiger partial charge in [-0.15, -0.1) is 0 Å². The first-order valence-corrected chi connectivity index (χ1v) is 9.22. The number of rotatable bonds is 3. The third-order valence-corrected chi connectivity index (χ3v) is 5.67. The first-order chi connectivity index (χ1) is 12.2. The highest BCUT2D eigenvalue weighted by molar-refractivity contribution is 9.10. The lowest BCUT2D eigenvalue weighted by Gasteiger charge is -2.57. The molecule has 8 heteroatoms. The Balaban J connectivity index is 1.35. The molecule has 2 unspecified atom stereocenters. The highest BCUT2D eigenvalue weighted by Gasteiger charge is 2.45. The molecule has 3 aliphatic heterocycles. The third-order valence-electron chi connectivity index (χ3n) is 5.20. The molecule has 25 heavy (non-hydrogen) atoms. The zero-order chi connectivity index (χ0) is 17.0. The molecule has 0 N–H and O–H groups in total. The standard InChI is InChI=1S/C17H18BrN7/c1-23-16-15(6-22-23)17(21-10-20-16)25-13-4-14(25)9-24(8-13)7-12-3-2-11(18)5-19-12/h2-3,5-6,10,13-14H,4,7-9H2,1H3. The number of pyridine rings is 1. The molecule has 0 aliphatic carbocycles. The van der Waals surface area contributed by atoms with Crippen LogP contribution in [0.1, 0.15) is 12.1 Å². The number of piperazine rings is 1. The van der Waals surface area contributed by atoms with E-state index in [1.807, 2.05) is 24.1 Å². The Bertz CT molecular complexity index is 910. The van der Waals surface area contributed by atoms with E-state index in [0.29, 0.717) is 12.1 Å². The van der Waals surface area contributed by atoms with Gasteiger partial charge < -0.3 is 4.90 Å². The van der Waals surface area contributed by atoms with E-state index < -0.39 is 0 Å². The normalized spacial score (nSPS) is 23.0. The Morgan fingerprint density at radius 1 is 1.12 bits per heavy atom. The first-order valence-electron chi connectivity index (χ1n) is 8.43. The lowest BCUT2D eigenvalue weighted by molar-refractivity contribution is 0.107. The Labute approximate surface area is 153 Å². The zero-order valence-electron chi connectivity index (χ0n) is 13.9. The molecule has 0 amide bonds. The van der Waals surface area contributed by atoms with Crippen LogP contribution >= 0.6 is 15.9 Å². The van der Waals surface area contributed by atoms with Crippen molar-refractivity contribution in [3.63, 3.8) is 0 Å². The van der Waals surface area contributed by atoms with Gasteiger partial charge in [0.25, 0.3) is 0 Å². The van der Waals surface area contributed by atoms with Crippen LogP contribution in [0.5, 0.6) is 0 Å². The average molecular weight is 400 g/mol. The summed E-state index contributed by atoms with van der Waals surface area (Å²) in [6, 6.07) is 5.16. The van der Waals surface area contributed by atoms with Crippen molar-refractivity contribution in [3.05, 3.63) is 41.0 Å². The van der Waals surface area contributed by atoms with Crippen LogP contribution < -0.4 is 4.90 Å². The maximum atomic E-state index is 4.57. The fourth-order valence-electron chi connectivity index (χ4n) is 4.06. The number of aromatic nitrogens is 5. The molecule has 3 aromatic heterocycles. The summed E-state index contributed by atoms with van der Waals surface area (Å²) in [7, 11) is 1.92. The molecule has 0 spiro atoms. The largest absolute Gasteiger partial charge is 0.347 e. The summed E-state index contributed by atoms with van der Waals surface area (Å²) < 4.78 is 2.83. The molecule has 6 heterocycles. The highest BCUT2D eigenvalue weighted by atomic mass is 79.9. The van der Waals surface area contributed by atoms with Gasteiger partial charge in [-0.2, -0.15) is 5.10 Å². The molecule has 3 aliphatic rings. The fourth-order valence-corrected chi connectivity index (χ4v) is 4.29. The van der Waals surface area contributed by atoms with E-state index >= 15 is 0 Å². The Hall–Kier alpha value is -2.06. The Morgan fingerprint density at radius 2 is 1.96 bits per heavy atom. The second-order valence-corrected chi connectivity index (χ2v) is 7.73. The average Bonchev–Trinajstić information content (AvgIpc) is 2.99. The van der Waals surface area contributed by atoms with Crippen molar-refractivity contribution in [2.45, 2.75) is 25.0 Å². The van der Waals surface area contributed by atoms with Crippen LogP contribution in [0.2, 0.25) is 0 Å². The van der Waals surface area contributed by atoms with Gasteiger partial charge in [0.15, 0.2) is 5.65 Å². The molecule has 128 valence electrons. The molecule has 0 radical (unpaired) electrons. The summed E-state index contributed by atoms with van der Waals surface area (Å²) >= 11 is 3.44. The molecule has 0 saturated carbocycles. The molecule has 3 saturated heterocycles. The molecule has 0 aromatic carbocycles. The van der Waals surface area contributed by atoms with E-state index in [9.17, 15) is 0 Å². The Morgan fingerprint density at radius 3 is 2.72 bits per heavy atom. The second-order valence-electron chi connectivity index (χ2n) is 6.82. The summed E-state index contributed by atoms with van der Waals surface area (Å²) in [6.45, 7) is 2.99. The number of hydrogen-bond acceptors (Lipinski definition) is 6. The van der Waals surface area contributed by atoms with Crippen molar-refractivity contribution >= 4 is 32.8 Å². The molecule has 7 nitrogen and oxygen atoms in total. The number of anilines is 1. The predicted octanol–water partition coefficient (Wildman–Crippen LogP) is 1.98. The lowest BCUT2D eigenvalue weighted by atomic mass is 9.87. The molecule has 3 fully saturated rings. The number of hydrogen-bond donors (Lipinski definition) is 0. The van der Waals surface area contributed by atoms with Crippen molar-refractivity contribution in [1.82, 2.24) is 29.6 Å². The number of halogens is 1. The minimum absolute atomic E-state index is 0.507. The summed E-state index contributed by atoms with van der Waals surface area (Å²) in [6.07, 6.45) is 6.63.